The van der Waals surface area contributed by atoms with Crippen LogP contribution in [0.4, 0.5) is 0 Å². The summed E-state index contributed by atoms with van der Waals surface area (Å²) >= 11 is 0. The molecule has 2 heterocycles. The molecule has 31 heavy (non-hydrogen) atoms. The molecular formula is C25H23N3O3. The molecule has 0 radical (unpaired) electrons. The molecule has 0 fully saturated rings. The summed E-state index contributed by atoms with van der Waals surface area (Å²) < 4.78 is 13.3. The van der Waals surface area contributed by atoms with E-state index >= 15 is 0 Å². The van der Waals surface area contributed by atoms with Crippen molar-refractivity contribution in [2.24, 2.45) is 0 Å². The fourth-order valence-electron chi connectivity index (χ4n) is 4.30. The number of ether oxygens (including phenoxy) is 2. The fraction of sp³-hybridized carbons (Fsp3) is 0.200. The van der Waals surface area contributed by atoms with E-state index in [1.54, 1.807) is 18.0 Å². The van der Waals surface area contributed by atoms with Gasteiger partial charge in [-0.2, -0.15) is 0 Å². The van der Waals surface area contributed by atoms with E-state index < -0.39 is 0 Å². The Morgan fingerprint density at radius 2 is 1.87 bits per heavy atom. The Labute approximate surface area is 179 Å². The van der Waals surface area contributed by atoms with Gasteiger partial charge in [0.05, 0.1) is 12.7 Å². The minimum absolute atomic E-state index is 0.0649. The summed E-state index contributed by atoms with van der Waals surface area (Å²) in [6.45, 7) is 0.586. The van der Waals surface area contributed by atoms with Crippen molar-refractivity contribution in [3.8, 4) is 17.4 Å². The maximum absolute atomic E-state index is 9.25. The van der Waals surface area contributed by atoms with Gasteiger partial charge in [0.25, 0.3) is 0 Å². The smallest absolute Gasteiger partial charge is 0.228 e. The van der Waals surface area contributed by atoms with Gasteiger partial charge in [-0.3, -0.25) is 5.41 Å². The quantitative estimate of drug-likeness (QED) is 0.453. The summed E-state index contributed by atoms with van der Waals surface area (Å²) in [5.74, 6) is 1.78. The molecule has 0 saturated heterocycles. The van der Waals surface area contributed by atoms with E-state index in [9.17, 15) is 5.11 Å². The van der Waals surface area contributed by atoms with Crippen molar-refractivity contribution in [2.75, 3.05) is 13.7 Å². The molecule has 5 rings (SSSR count). The first kappa shape index (κ1) is 19.3. The number of benzene rings is 3. The summed E-state index contributed by atoms with van der Waals surface area (Å²) in [6.07, 6.45) is 2.18. The van der Waals surface area contributed by atoms with Crippen LogP contribution in [0.25, 0.3) is 10.8 Å². The van der Waals surface area contributed by atoms with Crippen molar-refractivity contribution in [1.29, 1.82) is 5.41 Å². The molecule has 1 aromatic heterocycles. The van der Waals surface area contributed by atoms with Crippen LogP contribution >= 0.6 is 0 Å². The van der Waals surface area contributed by atoms with Gasteiger partial charge in [0, 0.05) is 24.6 Å². The maximum atomic E-state index is 9.25. The Morgan fingerprint density at radius 3 is 2.65 bits per heavy atom. The average Bonchev–Trinajstić information content (AvgIpc) is 2.82. The Hall–Kier alpha value is -3.64. The predicted octanol–water partition coefficient (Wildman–Crippen LogP) is 4.19. The summed E-state index contributed by atoms with van der Waals surface area (Å²) in [5, 5.41) is 20.4. The van der Waals surface area contributed by atoms with Crippen molar-refractivity contribution in [3.63, 3.8) is 0 Å². The minimum Gasteiger partial charge on any atom is -0.497 e. The third kappa shape index (κ3) is 3.25. The predicted molar refractivity (Wildman–Crippen MR) is 118 cm³/mol. The van der Waals surface area contributed by atoms with E-state index in [1.807, 2.05) is 42.5 Å². The average molecular weight is 413 g/mol. The van der Waals surface area contributed by atoms with Gasteiger partial charge in [-0.25, -0.2) is 4.98 Å². The van der Waals surface area contributed by atoms with E-state index in [0.717, 1.165) is 39.0 Å². The number of aliphatic hydroxyl groups is 1. The topological polar surface area (TPSA) is 80.4 Å². The van der Waals surface area contributed by atoms with Gasteiger partial charge in [-0.1, -0.05) is 42.5 Å². The van der Waals surface area contributed by atoms with E-state index in [2.05, 4.69) is 23.2 Å². The molecule has 0 saturated carbocycles. The van der Waals surface area contributed by atoms with Crippen molar-refractivity contribution >= 4 is 10.8 Å². The van der Waals surface area contributed by atoms with Gasteiger partial charge >= 0.3 is 0 Å². The Bertz CT molecular complexity index is 1310. The van der Waals surface area contributed by atoms with E-state index in [4.69, 9.17) is 14.9 Å². The Balaban J connectivity index is 1.79. The van der Waals surface area contributed by atoms with Crippen LogP contribution in [0.2, 0.25) is 0 Å². The first-order valence-electron chi connectivity index (χ1n) is 10.3. The van der Waals surface area contributed by atoms with Crippen LogP contribution < -0.4 is 15.0 Å². The second kappa shape index (κ2) is 7.89. The van der Waals surface area contributed by atoms with Gasteiger partial charge in [-0.05, 0) is 41.0 Å². The normalized spacial score (nSPS) is 14.6. The number of aliphatic hydroxyl groups excluding tert-OH is 1. The molecular weight excluding hydrogens is 390 g/mol. The zero-order chi connectivity index (χ0) is 21.4. The number of rotatable bonds is 5. The lowest BCUT2D eigenvalue weighted by Gasteiger charge is -2.29. The lowest BCUT2D eigenvalue weighted by atomic mass is 9.81. The molecule has 1 atom stereocenters. The molecule has 6 nitrogen and oxygen atoms in total. The van der Waals surface area contributed by atoms with Crippen molar-refractivity contribution in [3.05, 3.63) is 89.2 Å². The highest BCUT2D eigenvalue weighted by Crippen LogP contribution is 2.48. The third-order valence-corrected chi connectivity index (χ3v) is 5.81. The summed E-state index contributed by atoms with van der Waals surface area (Å²) in [4.78, 5) is 4.54. The number of hydrogen-bond acceptors (Lipinski definition) is 5. The molecule has 4 aromatic rings. The van der Waals surface area contributed by atoms with Crippen LogP contribution in [0.5, 0.6) is 17.4 Å². The van der Waals surface area contributed by atoms with Gasteiger partial charge in [0.15, 0.2) is 0 Å². The second-order valence-electron chi connectivity index (χ2n) is 7.59. The molecule has 0 amide bonds. The monoisotopic (exact) mass is 413 g/mol. The zero-order valence-corrected chi connectivity index (χ0v) is 17.2. The van der Waals surface area contributed by atoms with Crippen LogP contribution in [-0.4, -0.2) is 28.4 Å². The minimum atomic E-state index is -0.211. The van der Waals surface area contributed by atoms with Crippen molar-refractivity contribution < 1.29 is 14.6 Å². The molecule has 1 aliphatic rings. The third-order valence-electron chi connectivity index (χ3n) is 5.81. The number of hydrogen-bond donors (Lipinski definition) is 2. The molecule has 0 aliphatic carbocycles. The highest BCUT2D eigenvalue weighted by Gasteiger charge is 2.33. The maximum Gasteiger partial charge on any atom is 0.228 e. The highest BCUT2D eigenvalue weighted by atomic mass is 16.5. The molecule has 6 heteroatoms. The molecule has 0 bridgehead atoms. The summed E-state index contributed by atoms with van der Waals surface area (Å²) in [6, 6.07) is 20.2. The van der Waals surface area contributed by atoms with Gasteiger partial charge in [0.1, 0.15) is 23.3 Å². The lowest BCUT2D eigenvalue weighted by molar-refractivity contribution is 0.278. The van der Waals surface area contributed by atoms with Crippen LogP contribution in [0.3, 0.4) is 0 Å². The first-order chi connectivity index (χ1) is 15.2. The largest absolute Gasteiger partial charge is 0.497 e. The number of nitrogens with one attached hydrogen (secondary N) is 1. The van der Waals surface area contributed by atoms with Crippen molar-refractivity contribution in [2.45, 2.75) is 18.9 Å². The number of aromatic nitrogens is 2. The van der Waals surface area contributed by atoms with Crippen LogP contribution in [0.15, 0.2) is 67.0 Å². The molecule has 3 aromatic carbocycles. The molecule has 2 N–H and O–H groups in total. The first-order valence-corrected chi connectivity index (χ1v) is 10.3. The van der Waals surface area contributed by atoms with E-state index in [0.29, 0.717) is 24.3 Å². The van der Waals surface area contributed by atoms with Gasteiger partial charge < -0.3 is 19.1 Å². The van der Waals surface area contributed by atoms with Gasteiger partial charge in [-0.15, -0.1) is 0 Å². The molecule has 0 unspecified atom stereocenters. The molecule has 0 spiro atoms. The van der Waals surface area contributed by atoms with Crippen molar-refractivity contribution in [1.82, 2.24) is 9.55 Å². The standard InChI is InChI=1S/C25H23N3O3/c1-30-18-10-7-17(8-11-18)21-22-19-6-3-2-5-16(19)9-12-20(22)31-25-23(21)24(26)28(15-27-25)13-4-14-29/h2-3,5-12,15,21,26,29H,4,13-14H2,1H3/t21-/m0/s1. The summed E-state index contributed by atoms with van der Waals surface area (Å²) in [7, 11) is 1.65. The van der Waals surface area contributed by atoms with E-state index in [-0.39, 0.29) is 12.5 Å². The second-order valence-corrected chi connectivity index (χ2v) is 7.59. The van der Waals surface area contributed by atoms with Crippen LogP contribution in [0.1, 0.15) is 29.0 Å². The number of fused-ring (bicyclic) bond motifs is 4. The molecule has 156 valence electrons. The SMILES string of the molecule is COc1ccc([C@@H]2c3c(ncn(CCCO)c3=N)Oc3ccc4ccccc4c32)cc1. The lowest BCUT2D eigenvalue weighted by Crippen LogP contribution is -2.30. The van der Waals surface area contributed by atoms with E-state index in [1.165, 1.54) is 0 Å². The fourth-order valence-corrected chi connectivity index (χ4v) is 4.30. The summed E-state index contributed by atoms with van der Waals surface area (Å²) in [5.41, 5.74) is 3.15. The highest BCUT2D eigenvalue weighted by molar-refractivity contribution is 5.90. The van der Waals surface area contributed by atoms with Crippen LogP contribution in [0, 0.1) is 5.41 Å². The Kier molecular flexibility index (Phi) is 4.92. The van der Waals surface area contributed by atoms with Crippen LogP contribution in [-0.2, 0) is 6.54 Å². The Morgan fingerprint density at radius 1 is 1.06 bits per heavy atom. The molecule has 1 aliphatic heterocycles. The van der Waals surface area contributed by atoms with Gasteiger partial charge in [0.2, 0.25) is 5.88 Å². The number of nitrogens with zero attached hydrogens (tertiary/aromatic N) is 2. The number of methoxy groups -OCH3 is 1. The zero-order valence-electron chi connectivity index (χ0n) is 17.2. The number of aryl methyl sites for hydroxylation is 1.